The molecule has 5 heterocycles. The fraction of sp³-hybridized carbons (Fsp3) is 0.286. The zero-order valence-corrected chi connectivity index (χ0v) is 17.5. The Morgan fingerprint density at radius 3 is 2.81 bits per heavy atom. The Morgan fingerprint density at radius 2 is 2.06 bits per heavy atom. The van der Waals surface area contributed by atoms with Crippen molar-refractivity contribution in [3.8, 4) is 11.5 Å². The molecular weight excluding hydrogens is 413 g/mol. The zero-order chi connectivity index (χ0) is 22.5. The van der Waals surface area contributed by atoms with E-state index in [0.717, 1.165) is 31.2 Å². The molecule has 1 atom stereocenters. The summed E-state index contributed by atoms with van der Waals surface area (Å²) in [5.41, 5.74) is 7.75. The number of aromatic nitrogens is 7. The molecule has 11 heteroatoms. The van der Waals surface area contributed by atoms with Crippen LogP contribution in [0, 0.1) is 5.82 Å². The maximum atomic E-state index is 13.4. The van der Waals surface area contributed by atoms with Crippen molar-refractivity contribution >= 4 is 23.2 Å². The fourth-order valence-electron chi connectivity index (χ4n) is 3.95. The van der Waals surface area contributed by atoms with Gasteiger partial charge in [0.2, 0.25) is 5.91 Å². The van der Waals surface area contributed by atoms with Crippen LogP contribution >= 0.6 is 0 Å². The summed E-state index contributed by atoms with van der Waals surface area (Å²) in [5.74, 6) is -0.209. The second kappa shape index (κ2) is 7.29. The van der Waals surface area contributed by atoms with Gasteiger partial charge in [0.15, 0.2) is 11.5 Å². The number of fused-ring (bicyclic) bond motifs is 2. The number of amides is 1. The fourth-order valence-corrected chi connectivity index (χ4v) is 3.95. The number of hydrogen-bond acceptors (Lipinski definition) is 8. The molecule has 0 fully saturated rings. The SMILES string of the molecule is CCCCc1nc(-c2nc(N)c3c(n2)NC(=O)C3(C)c2ccc(F)cn2)cn2ncnc12. The number of unbranched alkanes of at least 4 members (excludes halogenated alkanes) is 1. The number of nitrogen functional groups attached to an aromatic ring is 1. The number of rotatable bonds is 5. The van der Waals surface area contributed by atoms with Crippen molar-refractivity contribution in [2.45, 2.75) is 38.5 Å². The maximum absolute atomic E-state index is 13.4. The van der Waals surface area contributed by atoms with Gasteiger partial charge in [-0.05, 0) is 31.9 Å². The summed E-state index contributed by atoms with van der Waals surface area (Å²) in [4.78, 5) is 35.0. The molecule has 0 aliphatic carbocycles. The summed E-state index contributed by atoms with van der Waals surface area (Å²) in [5, 5.41) is 6.99. The van der Waals surface area contributed by atoms with E-state index >= 15 is 0 Å². The molecule has 3 N–H and O–H groups in total. The first kappa shape index (κ1) is 19.9. The van der Waals surface area contributed by atoms with Crippen LogP contribution in [0.25, 0.3) is 17.2 Å². The Labute approximate surface area is 182 Å². The first-order valence-corrected chi connectivity index (χ1v) is 10.2. The van der Waals surface area contributed by atoms with Gasteiger partial charge in [0, 0.05) is 0 Å². The zero-order valence-electron chi connectivity index (χ0n) is 17.5. The molecule has 0 spiro atoms. The standard InChI is InChI=1S/C21H20FN9O/c1-3-4-5-12-19-25-10-26-31(19)9-13(27-12)17-28-16(23)15-18(29-17)30-20(32)21(15,2)14-7-6-11(22)8-24-14/h6-10H,3-5H2,1-2H3,(H3,23,28,29,30,32). The molecule has 0 radical (unpaired) electrons. The van der Waals surface area contributed by atoms with Crippen molar-refractivity contribution in [2.75, 3.05) is 11.1 Å². The summed E-state index contributed by atoms with van der Waals surface area (Å²) in [6.07, 6.45) is 6.90. The summed E-state index contributed by atoms with van der Waals surface area (Å²) >= 11 is 0. The molecule has 1 unspecified atom stereocenters. The summed E-state index contributed by atoms with van der Waals surface area (Å²) in [6, 6.07) is 2.71. The highest BCUT2D eigenvalue weighted by Gasteiger charge is 2.48. The summed E-state index contributed by atoms with van der Waals surface area (Å²) < 4.78 is 15.0. The molecule has 0 saturated carbocycles. The lowest BCUT2D eigenvalue weighted by molar-refractivity contribution is -0.119. The topological polar surface area (TPSA) is 137 Å². The van der Waals surface area contributed by atoms with Crippen molar-refractivity contribution in [3.63, 3.8) is 0 Å². The van der Waals surface area contributed by atoms with Crippen LogP contribution in [0.5, 0.6) is 0 Å². The van der Waals surface area contributed by atoms with Gasteiger partial charge in [-0.2, -0.15) is 5.10 Å². The lowest BCUT2D eigenvalue weighted by Gasteiger charge is -2.22. The van der Waals surface area contributed by atoms with Crippen LogP contribution in [0.3, 0.4) is 0 Å². The number of aryl methyl sites for hydroxylation is 1. The van der Waals surface area contributed by atoms with E-state index in [9.17, 15) is 9.18 Å². The van der Waals surface area contributed by atoms with Gasteiger partial charge in [-0.3, -0.25) is 9.78 Å². The van der Waals surface area contributed by atoms with E-state index in [-0.39, 0.29) is 23.4 Å². The highest BCUT2D eigenvalue weighted by molar-refractivity contribution is 6.08. The van der Waals surface area contributed by atoms with E-state index in [1.54, 1.807) is 17.6 Å². The van der Waals surface area contributed by atoms with Crippen LogP contribution in [-0.4, -0.2) is 40.4 Å². The quantitative estimate of drug-likeness (QED) is 0.489. The second-order valence-corrected chi connectivity index (χ2v) is 7.80. The highest BCUT2D eigenvalue weighted by atomic mass is 19.1. The Balaban J connectivity index is 1.63. The number of anilines is 2. The van der Waals surface area contributed by atoms with E-state index in [4.69, 9.17) is 10.7 Å². The first-order valence-electron chi connectivity index (χ1n) is 10.2. The first-order chi connectivity index (χ1) is 15.4. The molecule has 1 aliphatic rings. The number of pyridine rings is 1. The van der Waals surface area contributed by atoms with Crippen molar-refractivity contribution in [2.24, 2.45) is 0 Å². The van der Waals surface area contributed by atoms with Crippen LogP contribution in [0.1, 0.15) is 43.6 Å². The molecule has 4 aromatic heterocycles. The third kappa shape index (κ3) is 2.96. The highest BCUT2D eigenvalue weighted by Crippen LogP contribution is 2.44. The Kier molecular flexibility index (Phi) is 4.54. The monoisotopic (exact) mass is 433 g/mol. The van der Waals surface area contributed by atoms with Crippen LogP contribution in [-0.2, 0) is 16.6 Å². The average molecular weight is 433 g/mol. The molecule has 4 aromatic rings. The number of hydrogen-bond donors (Lipinski definition) is 2. The Morgan fingerprint density at radius 1 is 1.22 bits per heavy atom. The molecule has 10 nitrogen and oxygen atoms in total. The van der Waals surface area contributed by atoms with Crippen molar-refractivity contribution in [3.05, 3.63) is 53.6 Å². The predicted molar refractivity (Wildman–Crippen MR) is 114 cm³/mol. The van der Waals surface area contributed by atoms with Crippen molar-refractivity contribution in [1.82, 2.24) is 34.5 Å². The van der Waals surface area contributed by atoms with Crippen LogP contribution in [0.2, 0.25) is 0 Å². The van der Waals surface area contributed by atoms with E-state index in [1.807, 2.05) is 0 Å². The van der Waals surface area contributed by atoms with Crippen LogP contribution in [0.4, 0.5) is 16.0 Å². The molecule has 32 heavy (non-hydrogen) atoms. The minimum absolute atomic E-state index is 0.118. The molecule has 0 bridgehead atoms. The minimum atomic E-state index is -1.25. The van der Waals surface area contributed by atoms with E-state index in [0.29, 0.717) is 22.6 Å². The third-order valence-corrected chi connectivity index (χ3v) is 5.69. The van der Waals surface area contributed by atoms with E-state index < -0.39 is 11.2 Å². The number of nitrogens with two attached hydrogens (primary N) is 1. The number of halogens is 1. The number of carbonyl (C=O) groups excluding carboxylic acids is 1. The summed E-state index contributed by atoms with van der Waals surface area (Å²) in [7, 11) is 0. The predicted octanol–water partition coefficient (Wildman–Crippen LogP) is 2.30. The molecular formula is C21H20FN9O. The molecule has 1 amide bonds. The second-order valence-electron chi connectivity index (χ2n) is 7.80. The largest absolute Gasteiger partial charge is 0.383 e. The smallest absolute Gasteiger partial charge is 0.242 e. The van der Waals surface area contributed by atoms with Gasteiger partial charge >= 0.3 is 0 Å². The van der Waals surface area contributed by atoms with Crippen molar-refractivity contribution in [1.29, 1.82) is 0 Å². The van der Waals surface area contributed by atoms with Crippen LogP contribution < -0.4 is 11.1 Å². The van der Waals surface area contributed by atoms with Gasteiger partial charge in [0.05, 0.1) is 29.3 Å². The van der Waals surface area contributed by atoms with Crippen LogP contribution in [0.15, 0.2) is 30.9 Å². The minimum Gasteiger partial charge on any atom is -0.383 e. The lowest BCUT2D eigenvalue weighted by atomic mass is 9.81. The van der Waals surface area contributed by atoms with Gasteiger partial charge in [-0.15, -0.1) is 0 Å². The molecule has 0 aromatic carbocycles. The van der Waals surface area contributed by atoms with Gasteiger partial charge in [-0.25, -0.2) is 28.8 Å². The van der Waals surface area contributed by atoms with Gasteiger partial charge in [0.25, 0.3) is 0 Å². The van der Waals surface area contributed by atoms with E-state index in [1.165, 1.54) is 18.5 Å². The van der Waals surface area contributed by atoms with Gasteiger partial charge in [0.1, 0.15) is 34.9 Å². The third-order valence-electron chi connectivity index (χ3n) is 5.69. The normalized spacial score (nSPS) is 17.5. The average Bonchev–Trinajstić information content (AvgIpc) is 3.35. The van der Waals surface area contributed by atoms with Crippen molar-refractivity contribution < 1.29 is 9.18 Å². The molecule has 5 rings (SSSR count). The van der Waals surface area contributed by atoms with E-state index in [2.05, 4.69) is 37.3 Å². The summed E-state index contributed by atoms with van der Waals surface area (Å²) in [6.45, 7) is 3.77. The Hall–Kier alpha value is -4.02. The molecule has 0 saturated heterocycles. The number of nitrogens with zero attached hydrogens (tertiary/aromatic N) is 7. The van der Waals surface area contributed by atoms with Gasteiger partial charge < -0.3 is 11.1 Å². The Bertz CT molecular complexity index is 1350. The molecule has 162 valence electrons. The molecule has 1 aliphatic heterocycles. The maximum Gasteiger partial charge on any atom is 0.242 e. The lowest BCUT2D eigenvalue weighted by Crippen LogP contribution is -2.34. The van der Waals surface area contributed by atoms with Gasteiger partial charge in [-0.1, -0.05) is 13.3 Å². The number of carbonyl (C=O) groups is 1. The number of nitrogens with one attached hydrogen (secondary N) is 1.